The van der Waals surface area contributed by atoms with Gasteiger partial charge in [-0.15, -0.1) is 0 Å². The summed E-state index contributed by atoms with van der Waals surface area (Å²) >= 11 is 12.2. The summed E-state index contributed by atoms with van der Waals surface area (Å²) in [4.78, 5) is 29.6. The Labute approximate surface area is 277 Å². The minimum absolute atomic E-state index is 0.272. The first-order valence-corrected chi connectivity index (χ1v) is 16.0. The summed E-state index contributed by atoms with van der Waals surface area (Å²) in [5.41, 5.74) is 7.58. The zero-order valence-corrected chi connectivity index (χ0v) is 27.0. The number of H-pyrrole nitrogens is 2. The molecule has 0 fully saturated rings. The fourth-order valence-electron chi connectivity index (χ4n) is 5.62. The molecule has 0 atom stereocenters. The Morgan fingerprint density at radius 3 is 1.43 bits per heavy atom. The maximum Gasteiger partial charge on any atom is 0.414 e. The van der Waals surface area contributed by atoms with Crippen molar-refractivity contribution in [2.75, 3.05) is 52.5 Å². The van der Waals surface area contributed by atoms with Crippen molar-refractivity contribution in [2.24, 2.45) is 0 Å². The third kappa shape index (κ3) is 9.68. The second kappa shape index (κ2) is 17.3. The van der Waals surface area contributed by atoms with Crippen LogP contribution in [0.2, 0.25) is 10.0 Å². The van der Waals surface area contributed by atoms with E-state index in [4.69, 9.17) is 53.2 Å². The topological polar surface area (TPSA) is 153 Å². The summed E-state index contributed by atoms with van der Waals surface area (Å²) in [5, 5.41) is 36.5. The molecule has 0 unspecified atom stereocenters. The quantitative estimate of drug-likeness (QED) is 0.130. The van der Waals surface area contributed by atoms with Crippen molar-refractivity contribution < 1.29 is 30.0 Å². The van der Waals surface area contributed by atoms with Gasteiger partial charge in [0.1, 0.15) is 0 Å². The Morgan fingerprint density at radius 1 is 0.696 bits per heavy atom. The number of hydrogen-bond donors (Lipinski definition) is 6. The van der Waals surface area contributed by atoms with Crippen LogP contribution in [0, 0.1) is 0 Å². The SMILES string of the molecule is O=C(O)C(=O)O.OCCCN1CC=C(c2c[nH]c3ccc(Cl)cc23)CC1.OCCCN1CC=C(c2c[nH]c3ccc(Cl)cc23)CC1. The minimum Gasteiger partial charge on any atom is -0.473 e. The molecule has 10 nitrogen and oxygen atoms in total. The molecular formula is C34H40Cl2N4O6. The van der Waals surface area contributed by atoms with Crippen LogP contribution in [0.1, 0.15) is 36.8 Å². The smallest absolute Gasteiger partial charge is 0.414 e. The van der Waals surface area contributed by atoms with Crippen LogP contribution >= 0.6 is 23.2 Å². The summed E-state index contributed by atoms with van der Waals surface area (Å²) in [6, 6.07) is 11.9. The lowest BCUT2D eigenvalue weighted by Crippen LogP contribution is -2.29. The molecule has 0 bridgehead atoms. The lowest BCUT2D eigenvalue weighted by Gasteiger charge is -2.25. The number of carboxylic acid groups (broad SMARTS) is 2. The average Bonchev–Trinajstić information content (AvgIpc) is 3.67. The van der Waals surface area contributed by atoms with E-state index >= 15 is 0 Å². The van der Waals surface area contributed by atoms with Crippen LogP contribution in [0.25, 0.3) is 33.0 Å². The number of nitrogens with one attached hydrogen (secondary N) is 2. The number of halogens is 2. The molecule has 4 aromatic rings. The van der Waals surface area contributed by atoms with Crippen molar-refractivity contribution in [3.8, 4) is 0 Å². The number of carbonyl (C=O) groups is 2. The molecule has 12 heteroatoms. The van der Waals surface area contributed by atoms with Crippen LogP contribution in [-0.2, 0) is 9.59 Å². The summed E-state index contributed by atoms with van der Waals surface area (Å²) in [6.07, 6.45) is 12.6. The van der Waals surface area contributed by atoms with E-state index in [1.54, 1.807) is 0 Å². The van der Waals surface area contributed by atoms with Gasteiger partial charge in [0, 0.05) is 108 Å². The predicted molar refractivity (Wildman–Crippen MR) is 183 cm³/mol. The number of aliphatic hydroxyl groups excluding tert-OH is 2. The standard InChI is InChI=1S/2C16H19ClN2O.C2H2O4/c2*17-13-2-3-16-14(10-13)15(11-18-16)12-4-7-19(8-5-12)6-1-9-20;3-1(4)2(5)6/h2*2-4,10-11,18,20H,1,5-9H2;(H,3,4)(H,5,6). The van der Waals surface area contributed by atoms with Gasteiger partial charge in [0.2, 0.25) is 0 Å². The van der Waals surface area contributed by atoms with Crippen LogP contribution in [0.5, 0.6) is 0 Å². The van der Waals surface area contributed by atoms with Crippen molar-refractivity contribution in [2.45, 2.75) is 25.7 Å². The van der Waals surface area contributed by atoms with Gasteiger partial charge >= 0.3 is 11.9 Å². The predicted octanol–water partition coefficient (Wildman–Crippen LogP) is 5.74. The zero-order chi connectivity index (χ0) is 33.1. The third-order valence-electron chi connectivity index (χ3n) is 8.01. The van der Waals surface area contributed by atoms with Crippen LogP contribution in [0.4, 0.5) is 0 Å². The van der Waals surface area contributed by atoms with E-state index in [1.165, 1.54) is 33.0 Å². The molecule has 4 heterocycles. The fraction of sp³-hybridized carbons (Fsp3) is 0.353. The number of nitrogens with zero attached hydrogens (tertiary/aromatic N) is 2. The van der Waals surface area contributed by atoms with E-state index in [0.717, 1.165) is 86.0 Å². The van der Waals surface area contributed by atoms with E-state index in [1.807, 2.05) is 36.4 Å². The van der Waals surface area contributed by atoms with Gasteiger partial charge in [-0.05, 0) is 73.2 Å². The monoisotopic (exact) mass is 670 g/mol. The molecule has 46 heavy (non-hydrogen) atoms. The third-order valence-corrected chi connectivity index (χ3v) is 8.48. The Balaban J connectivity index is 0.000000178. The van der Waals surface area contributed by atoms with Gasteiger partial charge in [0.15, 0.2) is 0 Å². The lowest BCUT2D eigenvalue weighted by atomic mass is 9.99. The Kier molecular flexibility index (Phi) is 13.3. The molecule has 2 aliphatic rings. The summed E-state index contributed by atoms with van der Waals surface area (Å²) < 4.78 is 0. The van der Waals surface area contributed by atoms with E-state index < -0.39 is 11.9 Å². The summed E-state index contributed by atoms with van der Waals surface area (Å²) in [7, 11) is 0. The van der Waals surface area contributed by atoms with Crippen LogP contribution in [-0.4, -0.2) is 105 Å². The van der Waals surface area contributed by atoms with E-state index in [0.29, 0.717) is 0 Å². The molecule has 0 radical (unpaired) electrons. The van der Waals surface area contributed by atoms with Gasteiger partial charge in [-0.1, -0.05) is 35.4 Å². The number of aliphatic hydroxyl groups is 2. The summed E-state index contributed by atoms with van der Waals surface area (Å²) in [6.45, 7) is 6.52. The van der Waals surface area contributed by atoms with Gasteiger partial charge in [-0.3, -0.25) is 9.80 Å². The summed E-state index contributed by atoms with van der Waals surface area (Å²) in [5.74, 6) is -3.65. The number of hydrogen-bond acceptors (Lipinski definition) is 6. The number of rotatable bonds is 8. The van der Waals surface area contributed by atoms with Crippen LogP contribution < -0.4 is 0 Å². The molecule has 0 spiro atoms. The second-order valence-electron chi connectivity index (χ2n) is 11.1. The normalized spacial score (nSPS) is 15.4. The first-order chi connectivity index (χ1) is 22.2. The highest BCUT2D eigenvalue weighted by atomic mass is 35.5. The maximum absolute atomic E-state index is 9.10. The highest BCUT2D eigenvalue weighted by Gasteiger charge is 2.17. The molecule has 0 saturated heterocycles. The van der Waals surface area contributed by atoms with Gasteiger partial charge in [0.25, 0.3) is 0 Å². The van der Waals surface area contributed by atoms with E-state index in [-0.39, 0.29) is 13.2 Å². The molecule has 0 saturated carbocycles. The number of carboxylic acids is 2. The Bertz CT molecular complexity index is 1570. The lowest BCUT2D eigenvalue weighted by molar-refractivity contribution is -0.159. The molecule has 2 aromatic carbocycles. The molecular weight excluding hydrogens is 631 g/mol. The highest BCUT2D eigenvalue weighted by Crippen LogP contribution is 2.32. The van der Waals surface area contributed by atoms with Gasteiger partial charge in [0.05, 0.1) is 0 Å². The molecule has 0 amide bonds. The molecule has 6 N–H and O–H groups in total. The first kappa shape index (κ1) is 35.2. The largest absolute Gasteiger partial charge is 0.473 e. The van der Waals surface area contributed by atoms with Crippen molar-refractivity contribution in [3.05, 3.63) is 82.1 Å². The first-order valence-electron chi connectivity index (χ1n) is 15.2. The average molecular weight is 672 g/mol. The van der Waals surface area contributed by atoms with E-state index in [2.05, 4.69) is 44.3 Å². The number of fused-ring (bicyclic) bond motifs is 2. The number of aliphatic carboxylic acids is 2. The molecule has 246 valence electrons. The van der Waals surface area contributed by atoms with Crippen molar-refractivity contribution in [1.29, 1.82) is 0 Å². The molecule has 0 aliphatic carbocycles. The minimum atomic E-state index is -1.82. The number of aromatic amines is 2. The van der Waals surface area contributed by atoms with Crippen molar-refractivity contribution >= 4 is 68.1 Å². The highest BCUT2D eigenvalue weighted by molar-refractivity contribution is 6.31. The molecule has 2 aliphatic heterocycles. The zero-order valence-electron chi connectivity index (χ0n) is 25.5. The molecule has 6 rings (SSSR count). The fourth-order valence-corrected chi connectivity index (χ4v) is 5.97. The molecule has 2 aromatic heterocycles. The Morgan fingerprint density at radius 2 is 1.11 bits per heavy atom. The van der Waals surface area contributed by atoms with Crippen molar-refractivity contribution in [1.82, 2.24) is 19.8 Å². The van der Waals surface area contributed by atoms with Crippen LogP contribution in [0.15, 0.2) is 60.9 Å². The van der Waals surface area contributed by atoms with Crippen LogP contribution in [0.3, 0.4) is 0 Å². The second-order valence-corrected chi connectivity index (χ2v) is 12.0. The van der Waals surface area contributed by atoms with E-state index in [9.17, 15) is 0 Å². The maximum atomic E-state index is 9.10. The van der Waals surface area contributed by atoms with Gasteiger partial charge in [-0.25, -0.2) is 9.59 Å². The number of benzene rings is 2. The number of aromatic nitrogens is 2. The Hall–Kier alpha value is -3.64. The van der Waals surface area contributed by atoms with Gasteiger partial charge < -0.3 is 30.4 Å². The van der Waals surface area contributed by atoms with Crippen molar-refractivity contribution in [3.63, 3.8) is 0 Å². The van der Waals surface area contributed by atoms with Gasteiger partial charge in [-0.2, -0.15) is 0 Å².